The standard InChI is InChI=1S/C9H9ClO2/c1-9(12,8(10)11)7-5-3-2-4-6-7/h2-6,12H,1H3. The van der Waals surface area contributed by atoms with Gasteiger partial charge in [-0.05, 0) is 24.1 Å². The minimum Gasteiger partial charge on any atom is -0.376 e. The van der Waals surface area contributed by atoms with Crippen molar-refractivity contribution in [2.24, 2.45) is 0 Å². The fourth-order valence-corrected chi connectivity index (χ4v) is 0.985. The van der Waals surface area contributed by atoms with Crippen LogP contribution in [0.25, 0.3) is 0 Å². The number of aliphatic hydroxyl groups is 1. The van der Waals surface area contributed by atoms with Gasteiger partial charge >= 0.3 is 0 Å². The third-order valence-corrected chi connectivity index (χ3v) is 2.09. The van der Waals surface area contributed by atoms with Gasteiger partial charge in [-0.2, -0.15) is 0 Å². The van der Waals surface area contributed by atoms with Crippen LogP contribution in [-0.4, -0.2) is 10.3 Å². The minimum absolute atomic E-state index is 0.505. The Labute approximate surface area is 75.8 Å². The fraction of sp³-hybridized carbons (Fsp3) is 0.222. The Balaban J connectivity index is 3.06. The quantitative estimate of drug-likeness (QED) is 0.710. The molecule has 64 valence electrons. The number of benzene rings is 1. The lowest BCUT2D eigenvalue weighted by atomic mass is 9.98. The van der Waals surface area contributed by atoms with E-state index in [2.05, 4.69) is 0 Å². The second-order valence-electron chi connectivity index (χ2n) is 2.71. The van der Waals surface area contributed by atoms with E-state index in [0.29, 0.717) is 5.56 Å². The van der Waals surface area contributed by atoms with Gasteiger partial charge in [-0.25, -0.2) is 0 Å². The molecule has 0 aliphatic carbocycles. The highest BCUT2D eigenvalue weighted by Gasteiger charge is 2.30. The van der Waals surface area contributed by atoms with Crippen molar-refractivity contribution < 1.29 is 9.90 Å². The Morgan fingerprint density at radius 3 is 2.33 bits per heavy atom. The number of halogens is 1. The van der Waals surface area contributed by atoms with Gasteiger partial charge in [0.1, 0.15) is 0 Å². The number of carbonyl (C=O) groups is 1. The third-order valence-electron chi connectivity index (χ3n) is 1.72. The van der Waals surface area contributed by atoms with Crippen molar-refractivity contribution >= 4 is 16.8 Å². The largest absolute Gasteiger partial charge is 0.376 e. The molecular weight excluding hydrogens is 176 g/mol. The Morgan fingerprint density at radius 1 is 1.42 bits per heavy atom. The summed E-state index contributed by atoms with van der Waals surface area (Å²) in [6.45, 7) is 1.37. The zero-order chi connectivity index (χ0) is 9.19. The highest BCUT2D eigenvalue weighted by molar-refractivity contribution is 6.65. The SMILES string of the molecule is CC(O)(C(=O)Cl)c1ccccc1. The molecule has 0 bridgehead atoms. The summed E-state index contributed by atoms with van der Waals surface area (Å²) in [6, 6.07) is 8.59. The molecule has 0 spiro atoms. The maximum Gasteiger partial charge on any atom is 0.257 e. The van der Waals surface area contributed by atoms with Crippen molar-refractivity contribution in [1.82, 2.24) is 0 Å². The van der Waals surface area contributed by atoms with Gasteiger partial charge in [-0.3, -0.25) is 4.79 Å². The van der Waals surface area contributed by atoms with E-state index in [-0.39, 0.29) is 0 Å². The molecule has 1 unspecified atom stereocenters. The fourth-order valence-electron chi connectivity index (χ4n) is 0.876. The first-order valence-corrected chi connectivity index (χ1v) is 3.91. The lowest BCUT2D eigenvalue weighted by molar-refractivity contribution is -0.127. The van der Waals surface area contributed by atoms with Crippen molar-refractivity contribution in [3.8, 4) is 0 Å². The van der Waals surface area contributed by atoms with Gasteiger partial charge in [0.05, 0.1) is 0 Å². The molecule has 0 aromatic heterocycles. The Morgan fingerprint density at radius 2 is 1.92 bits per heavy atom. The zero-order valence-corrected chi connectivity index (χ0v) is 7.38. The molecule has 1 atom stereocenters. The molecule has 2 nitrogen and oxygen atoms in total. The van der Waals surface area contributed by atoms with Crippen LogP contribution in [0.5, 0.6) is 0 Å². The van der Waals surface area contributed by atoms with Crippen molar-refractivity contribution in [3.63, 3.8) is 0 Å². The van der Waals surface area contributed by atoms with E-state index >= 15 is 0 Å². The Bertz CT molecular complexity index is 280. The van der Waals surface area contributed by atoms with Gasteiger partial charge in [-0.1, -0.05) is 30.3 Å². The topological polar surface area (TPSA) is 37.3 Å². The van der Waals surface area contributed by atoms with E-state index in [1.165, 1.54) is 6.92 Å². The smallest absolute Gasteiger partial charge is 0.257 e. The summed E-state index contributed by atoms with van der Waals surface area (Å²) in [7, 11) is 0. The average molecular weight is 185 g/mol. The highest BCUT2D eigenvalue weighted by Crippen LogP contribution is 2.22. The van der Waals surface area contributed by atoms with Crippen LogP contribution in [0.15, 0.2) is 30.3 Å². The lowest BCUT2D eigenvalue weighted by Crippen LogP contribution is -2.28. The summed E-state index contributed by atoms with van der Waals surface area (Å²) >= 11 is 5.22. The van der Waals surface area contributed by atoms with E-state index in [0.717, 1.165) is 0 Å². The molecule has 3 heteroatoms. The Hall–Kier alpha value is -0.860. The Kier molecular flexibility index (Phi) is 2.50. The number of rotatable bonds is 2. The number of hydrogen-bond donors (Lipinski definition) is 1. The molecule has 0 aliphatic rings. The zero-order valence-electron chi connectivity index (χ0n) is 6.62. The normalized spacial score (nSPS) is 15.2. The minimum atomic E-state index is -1.58. The van der Waals surface area contributed by atoms with E-state index in [1.54, 1.807) is 30.3 Å². The highest BCUT2D eigenvalue weighted by atomic mass is 35.5. The van der Waals surface area contributed by atoms with Crippen LogP contribution in [0.4, 0.5) is 0 Å². The first kappa shape index (κ1) is 9.23. The van der Waals surface area contributed by atoms with Crippen LogP contribution in [0.3, 0.4) is 0 Å². The summed E-state index contributed by atoms with van der Waals surface area (Å²) in [5.41, 5.74) is -1.08. The predicted molar refractivity (Wildman–Crippen MR) is 46.9 cm³/mol. The number of hydrogen-bond acceptors (Lipinski definition) is 2. The molecule has 1 N–H and O–H groups in total. The molecular formula is C9H9ClO2. The van der Waals surface area contributed by atoms with Gasteiger partial charge in [0.25, 0.3) is 5.24 Å². The molecule has 1 rings (SSSR count). The molecule has 12 heavy (non-hydrogen) atoms. The summed E-state index contributed by atoms with van der Waals surface area (Å²) in [5.74, 6) is 0. The first-order valence-electron chi connectivity index (χ1n) is 3.53. The molecule has 1 aromatic rings. The van der Waals surface area contributed by atoms with Crippen molar-refractivity contribution in [2.75, 3.05) is 0 Å². The summed E-state index contributed by atoms with van der Waals surface area (Å²) in [4.78, 5) is 10.8. The maximum absolute atomic E-state index is 10.8. The van der Waals surface area contributed by atoms with Crippen LogP contribution in [0, 0.1) is 0 Å². The molecule has 0 amide bonds. The van der Waals surface area contributed by atoms with Gasteiger partial charge < -0.3 is 5.11 Å². The monoisotopic (exact) mass is 184 g/mol. The van der Waals surface area contributed by atoms with E-state index < -0.39 is 10.8 Å². The molecule has 0 radical (unpaired) electrons. The van der Waals surface area contributed by atoms with E-state index in [1.807, 2.05) is 0 Å². The van der Waals surface area contributed by atoms with Gasteiger partial charge in [0.2, 0.25) is 0 Å². The second-order valence-corrected chi connectivity index (χ2v) is 3.06. The van der Waals surface area contributed by atoms with E-state index in [4.69, 9.17) is 11.6 Å². The molecule has 0 fully saturated rings. The van der Waals surface area contributed by atoms with Crippen molar-refractivity contribution in [3.05, 3.63) is 35.9 Å². The van der Waals surface area contributed by atoms with Crippen molar-refractivity contribution in [1.29, 1.82) is 0 Å². The van der Waals surface area contributed by atoms with Crippen LogP contribution in [0.2, 0.25) is 0 Å². The van der Waals surface area contributed by atoms with Gasteiger partial charge in [-0.15, -0.1) is 0 Å². The lowest BCUT2D eigenvalue weighted by Gasteiger charge is -2.18. The van der Waals surface area contributed by atoms with E-state index in [9.17, 15) is 9.90 Å². The van der Waals surface area contributed by atoms with Gasteiger partial charge in [0, 0.05) is 0 Å². The molecule has 0 heterocycles. The van der Waals surface area contributed by atoms with Crippen LogP contribution in [-0.2, 0) is 10.4 Å². The van der Waals surface area contributed by atoms with Gasteiger partial charge in [0.15, 0.2) is 5.60 Å². The third kappa shape index (κ3) is 1.65. The summed E-state index contributed by atoms with van der Waals surface area (Å²) < 4.78 is 0. The van der Waals surface area contributed by atoms with Crippen LogP contribution < -0.4 is 0 Å². The second kappa shape index (κ2) is 3.25. The number of carbonyl (C=O) groups excluding carboxylic acids is 1. The molecule has 1 aromatic carbocycles. The predicted octanol–water partition coefficient (Wildman–Crippen LogP) is 1.66. The first-order chi connectivity index (χ1) is 5.55. The van der Waals surface area contributed by atoms with Crippen molar-refractivity contribution in [2.45, 2.75) is 12.5 Å². The maximum atomic E-state index is 10.8. The molecule has 0 saturated carbocycles. The summed E-state index contributed by atoms with van der Waals surface area (Å²) in [6.07, 6.45) is 0. The molecule has 0 saturated heterocycles. The average Bonchev–Trinajstić information content (AvgIpc) is 2.06. The van der Waals surface area contributed by atoms with Crippen LogP contribution in [0.1, 0.15) is 12.5 Å². The van der Waals surface area contributed by atoms with Crippen LogP contribution >= 0.6 is 11.6 Å². The molecule has 0 aliphatic heterocycles. The summed E-state index contributed by atoms with van der Waals surface area (Å²) in [5, 5.41) is 8.81.